The number of nitrogens with zero attached hydrogens (tertiary/aromatic N) is 3. The Bertz CT molecular complexity index is 1180. The summed E-state index contributed by atoms with van der Waals surface area (Å²) in [5.41, 5.74) is 0.686. The Morgan fingerprint density at radius 2 is 2.03 bits per heavy atom. The van der Waals surface area contributed by atoms with Crippen molar-refractivity contribution in [1.82, 2.24) is 14.8 Å². The number of alkyl halides is 3. The lowest BCUT2D eigenvalue weighted by Gasteiger charge is -2.21. The van der Waals surface area contributed by atoms with Gasteiger partial charge in [-0.25, -0.2) is 4.39 Å². The molecule has 0 saturated heterocycles. The predicted molar refractivity (Wildman–Crippen MR) is 112 cm³/mol. The quantitative estimate of drug-likeness (QED) is 0.517. The Morgan fingerprint density at radius 1 is 1.27 bits per heavy atom. The Balaban J connectivity index is 1.21. The highest BCUT2D eigenvalue weighted by Crippen LogP contribution is 2.62. The van der Waals surface area contributed by atoms with Crippen LogP contribution in [0.2, 0.25) is 0 Å². The van der Waals surface area contributed by atoms with E-state index in [1.807, 2.05) is 6.92 Å². The molecule has 6 nitrogen and oxygen atoms in total. The van der Waals surface area contributed by atoms with Crippen LogP contribution >= 0.6 is 0 Å². The molecule has 2 fully saturated rings. The summed E-state index contributed by atoms with van der Waals surface area (Å²) in [6, 6.07) is 6.11. The lowest BCUT2D eigenvalue weighted by atomic mass is 9.93. The summed E-state index contributed by atoms with van der Waals surface area (Å²) in [4.78, 5) is 17.0. The van der Waals surface area contributed by atoms with Gasteiger partial charge >= 0.3 is 6.30 Å². The fraction of sp³-hybridized carbons (Fsp3) is 0.435. The average molecular weight is 462 g/mol. The molecule has 1 N–H and O–H groups in total. The second-order valence-corrected chi connectivity index (χ2v) is 8.73. The van der Waals surface area contributed by atoms with E-state index in [-0.39, 0.29) is 40.0 Å². The van der Waals surface area contributed by atoms with E-state index in [0.29, 0.717) is 34.9 Å². The normalized spacial score (nSPS) is 25.0. The Labute approximate surface area is 186 Å². The van der Waals surface area contributed by atoms with Crippen molar-refractivity contribution in [1.29, 1.82) is 0 Å². The third kappa shape index (κ3) is 4.14. The van der Waals surface area contributed by atoms with Gasteiger partial charge in [-0.3, -0.25) is 9.78 Å². The maximum Gasteiger partial charge on any atom is 0.504 e. The molecule has 2 aromatic heterocycles. The molecule has 0 aliphatic heterocycles. The van der Waals surface area contributed by atoms with Crippen LogP contribution in [-0.4, -0.2) is 26.8 Å². The third-order valence-corrected chi connectivity index (χ3v) is 6.78. The largest absolute Gasteiger partial charge is 0.504 e. The van der Waals surface area contributed by atoms with E-state index in [4.69, 9.17) is 4.74 Å². The molecule has 2 heterocycles. The molecule has 10 heteroatoms. The van der Waals surface area contributed by atoms with Crippen molar-refractivity contribution in [2.75, 3.05) is 5.32 Å². The minimum atomic E-state index is -4.62. The number of rotatable bonds is 6. The lowest BCUT2D eigenvalue weighted by molar-refractivity contribution is -0.212. The number of hydrogen-bond donors (Lipinski definition) is 1. The van der Waals surface area contributed by atoms with Crippen LogP contribution in [0.15, 0.2) is 42.9 Å². The number of anilines is 1. The number of ether oxygens (including phenoxy) is 1. The molecule has 3 unspecified atom stereocenters. The van der Waals surface area contributed by atoms with E-state index in [9.17, 15) is 22.4 Å². The molecule has 3 aromatic rings. The number of hydrogen-bond acceptors (Lipinski definition) is 4. The molecule has 2 aliphatic rings. The molecule has 5 atom stereocenters. The van der Waals surface area contributed by atoms with Gasteiger partial charge in [0.15, 0.2) is 0 Å². The lowest BCUT2D eigenvalue weighted by Crippen LogP contribution is -2.27. The molecule has 0 bridgehead atoms. The maximum atomic E-state index is 13.7. The highest BCUT2D eigenvalue weighted by Gasteiger charge is 2.60. The number of fused-ring (bicyclic) bond motifs is 2. The number of pyridine rings is 1. The Kier molecular flexibility index (Phi) is 5.25. The van der Waals surface area contributed by atoms with Crippen LogP contribution in [0.4, 0.5) is 23.2 Å². The van der Waals surface area contributed by atoms with Crippen molar-refractivity contribution in [3.8, 4) is 5.75 Å². The zero-order valence-electron chi connectivity index (χ0n) is 17.7. The molecule has 1 amide bonds. The van der Waals surface area contributed by atoms with Crippen LogP contribution < -0.4 is 10.1 Å². The number of aromatic nitrogens is 3. The first kappa shape index (κ1) is 21.7. The van der Waals surface area contributed by atoms with E-state index in [0.717, 1.165) is 25.2 Å². The van der Waals surface area contributed by atoms with E-state index >= 15 is 0 Å². The highest BCUT2D eigenvalue weighted by molar-refractivity contribution is 5.92. The number of carbonyl (C=O) groups is 1. The van der Waals surface area contributed by atoms with Gasteiger partial charge in [-0.2, -0.15) is 9.78 Å². The van der Waals surface area contributed by atoms with E-state index < -0.39 is 6.30 Å². The number of halogens is 4. The van der Waals surface area contributed by atoms with Gasteiger partial charge in [0.05, 0.1) is 29.7 Å². The van der Waals surface area contributed by atoms with Crippen molar-refractivity contribution in [3.05, 3.63) is 48.7 Å². The van der Waals surface area contributed by atoms with Gasteiger partial charge < -0.3 is 10.1 Å². The highest BCUT2D eigenvalue weighted by atomic mass is 19.4. The number of nitrogens with one attached hydrogen (secondary N) is 1. The van der Waals surface area contributed by atoms with Crippen molar-refractivity contribution >= 4 is 22.5 Å². The Hall–Kier alpha value is -3.17. The fourth-order valence-corrected chi connectivity index (χ4v) is 5.30. The van der Waals surface area contributed by atoms with E-state index in [2.05, 4.69) is 15.4 Å². The molecule has 174 valence electrons. The standard InChI is InChI=1S/C23H22F4N4O2/c1-2-15(22(32)30-13-10-29-31(11-13)23(25,26)27)21-16-8-14(9-17(16)21)33-20-5-6-28-19-4-3-12(24)7-18(19)20/h3-7,10-11,14-17,21H,2,8-9H2,1H3,(H,30,32)/t14?,15?,16-,17+,21?. The molecule has 5 rings (SSSR count). The topological polar surface area (TPSA) is 69.0 Å². The Morgan fingerprint density at radius 3 is 2.70 bits per heavy atom. The summed E-state index contributed by atoms with van der Waals surface area (Å²) in [5, 5.41) is 6.45. The van der Waals surface area contributed by atoms with Gasteiger partial charge in [0, 0.05) is 17.5 Å². The maximum absolute atomic E-state index is 13.7. The van der Waals surface area contributed by atoms with Gasteiger partial charge in [0.25, 0.3) is 0 Å². The molecule has 0 spiro atoms. The molecule has 1 aromatic carbocycles. The van der Waals surface area contributed by atoms with Crippen LogP contribution in [0.3, 0.4) is 0 Å². The van der Waals surface area contributed by atoms with Crippen molar-refractivity contribution in [3.63, 3.8) is 0 Å². The predicted octanol–water partition coefficient (Wildman–Crippen LogP) is 5.12. The van der Waals surface area contributed by atoms with Gasteiger partial charge in [0.2, 0.25) is 5.91 Å². The summed E-state index contributed by atoms with van der Waals surface area (Å²) in [7, 11) is 0. The first-order valence-electron chi connectivity index (χ1n) is 10.9. The molecule has 0 radical (unpaired) electrons. The monoisotopic (exact) mass is 462 g/mol. The number of benzene rings is 1. The smallest absolute Gasteiger partial charge is 0.490 e. The summed E-state index contributed by atoms with van der Waals surface area (Å²) in [6.45, 7) is 1.91. The molecular formula is C23H22F4N4O2. The van der Waals surface area contributed by atoms with E-state index in [1.165, 1.54) is 12.1 Å². The summed E-state index contributed by atoms with van der Waals surface area (Å²) in [6.07, 6.45) is 0.900. The molecule has 33 heavy (non-hydrogen) atoms. The SMILES string of the molecule is CCC(C(=O)Nc1cnn(C(F)(F)F)c1)C1[C@H]2CC(Oc3ccnc4ccc(F)cc34)C[C@@H]12. The first-order chi connectivity index (χ1) is 15.7. The average Bonchev–Trinajstić information content (AvgIpc) is 3.11. The van der Waals surface area contributed by atoms with E-state index in [1.54, 1.807) is 18.3 Å². The van der Waals surface area contributed by atoms with Gasteiger partial charge in [-0.1, -0.05) is 6.92 Å². The van der Waals surface area contributed by atoms with Crippen LogP contribution in [-0.2, 0) is 11.1 Å². The summed E-state index contributed by atoms with van der Waals surface area (Å²) in [5.74, 6) is 0.500. The van der Waals surface area contributed by atoms with Crippen molar-refractivity contribution < 1.29 is 27.1 Å². The summed E-state index contributed by atoms with van der Waals surface area (Å²) < 4.78 is 57.9. The van der Waals surface area contributed by atoms with Gasteiger partial charge in [-0.15, -0.1) is 13.2 Å². The molecule has 2 aliphatic carbocycles. The summed E-state index contributed by atoms with van der Waals surface area (Å²) >= 11 is 0. The second kappa shape index (κ2) is 8.00. The van der Waals surface area contributed by atoms with Gasteiger partial charge in [-0.05, 0) is 61.3 Å². The zero-order valence-corrected chi connectivity index (χ0v) is 17.7. The minimum absolute atomic E-state index is 0.0274. The van der Waals surface area contributed by atoms with Crippen molar-refractivity contribution in [2.24, 2.45) is 23.7 Å². The van der Waals surface area contributed by atoms with Crippen LogP contribution in [0.5, 0.6) is 5.75 Å². The van der Waals surface area contributed by atoms with Crippen LogP contribution in [0.1, 0.15) is 26.2 Å². The van der Waals surface area contributed by atoms with Gasteiger partial charge in [0.1, 0.15) is 11.6 Å². The zero-order chi connectivity index (χ0) is 23.3. The first-order valence-corrected chi connectivity index (χ1v) is 10.9. The second-order valence-electron chi connectivity index (χ2n) is 8.73. The number of amides is 1. The fourth-order valence-electron chi connectivity index (χ4n) is 5.30. The third-order valence-electron chi connectivity index (χ3n) is 6.78. The molecule has 2 saturated carbocycles. The van der Waals surface area contributed by atoms with Crippen LogP contribution in [0.25, 0.3) is 10.9 Å². The number of carbonyl (C=O) groups excluding carboxylic acids is 1. The molecular weight excluding hydrogens is 440 g/mol. The van der Waals surface area contributed by atoms with Crippen LogP contribution in [0, 0.1) is 29.5 Å². The minimum Gasteiger partial charge on any atom is -0.490 e. The van der Waals surface area contributed by atoms with Crippen molar-refractivity contribution in [2.45, 2.75) is 38.6 Å².